The average Bonchev–Trinajstić information content (AvgIpc) is 2.22. The van der Waals surface area contributed by atoms with Gasteiger partial charge >= 0.3 is 0 Å². The fourth-order valence-electron chi connectivity index (χ4n) is 1.31. The topological polar surface area (TPSA) is 64.3 Å². The standard InChI is InChI=1S/C11H14Br2N2O2/c1-15-6-7-4-8(12)11(9(13)5-7)17-3-2-10(14)16/h4-5,15H,2-3,6H2,1H3,(H2,14,16). The molecular weight excluding hydrogens is 352 g/mol. The maximum absolute atomic E-state index is 10.6. The van der Waals surface area contributed by atoms with E-state index in [0.29, 0.717) is 5.75 Å². The van der Waals surface area contributed by atoms with Gasteiger partial charge in [0.2, 0.25) is 5.91 Å². The fraction of sp³-hybridized carbons (Fsp3) is 0.364. The van der Waals surface area contributed by atoms with Crippen LogP contribution in [0.4, 0.5) is 0 Å². The van der Waals surface area contributed by atoms with Crippen molar-refractivity contribution >= 4 is 37.8 Å². The molecule has 0 atom stereocenters. The number of halogens is 2. The Balaban J connectivity index is 2.75. The minimum atomic E-state index is -0.371. The molecule has 0 saturated heterocycles. The number of hydrogen-bond donors (Lipinski definition) is 2. The molecule has 17 heavy (non-hydrogen) atoms. The number of nitrogens with one attached hydrogen (secondary N) is 1. The van der Waals surface area contributed by atoms with Crippen LogP contribution in [0.1, 0.15) is 12.0 Å². The quantitative estimate of drug-likeness (QED) is 0.812. The molecule has 94 valence electrons. The van der Waals surface area contributed by atoms with Crippen LogP contribution >= 0.6 is 31.9 Å². The maximum atomic E-state index is 10.6. The number of ether oxygens (including phenoxy) is 1. The molecule has 6 heteroatoms. The minimum absolute atomic E-state index is 0.206. The van der Waals surface area contributed by atoms with Crippen molar-refractivity contribution < 1.29 is 9.53 Å². The molecule has 0 bridgehead atoms. The number of benzene rings is 1. The molecule has 0 spiro atoms. The van der Waals surface area contributed by atoms with E-state index in [-0.39, 0.29) is 18.9 Å². The molecule has 0 aliphatic carbocycles. The highest BCUT2D eigenvalue weighted by Crippen LogP contribution is 2.34. The lowest BCUT2D eigenvalue weighted by Gasteiger charge is -2.11. The number of hydrogen-bond acceptors (Lipinski definition) is 3. The van der Waals surface area contributed by atoms with Gasteiger partial charge in [-0.05, 0) is 56.6 Å². The van der Waals surface area contributed by atoms with Crippen LogP contribution in [-0.2, 0) is 11.3 Å². The van der Waals surface area contributed by atoms with Gasteiger partial charge in [0.05, 0.1) is 22.0 Å². The molecule has 0 aromatic heterocycles. The zero-order valence-electron chi connectivity index (χ0n) is 9.43. The lowest BCUT2D eigenvalue weighted by molar-refractivity contribution is -0.118. The first-order valence-corrected chi connectivity index (χ1v) is 6.66. The van der Waals surface area contributed by atoms with Crippen molar-refractivity contribution in [2.24, 2.45) is 5.73 Å². The molecule has 1 rings (SSSR count). The first-order valence-electron chi connectivity index (χ1n) is 5.08. The van der Waals surface area contributed by atoms with Gasteiger partial charge in [0, 0.05) is 6.54 Å². The number of carbonyl (C=O) groups excluding carboxylic acids is 1. The molecule has 3 N–H and O–H groups in total. The van der Waals surface area contributed by atoms with E-state index in [1.54, 1.807) is 0 Å². The summed E-state index contributed by atoms with van der Waals surface area (Å²) in [5, 5.41) is 3.07. The molecule has 0 aliphatic rings. The molecule has 1 aromatic carbocycles. The first-order chi connectivity index (χ1) is 8.04. The summed E-state index contributed by atoms with van der Waals surface area (Å²) >= 11 is 6.87. The van der Waals surface area contributed by atoms with Gasteiger partial charge < -0.3 is 15.8 Å². The number of carbonyl (C=O) groups is 1. The lowest BCUT2D eigenvalue weighted by Crippen LogP contribution is -2.15. The van der Waals surface area contributed by atoms with Crippen LogP contribution in [0.25, 0.3) is 0 Å². The van der Waals surface area contributed by atoms with Gasteiger partial charge in [-0.25, -0.2) is 0 Å². The highest BCUT2D eigenvalue weighted by molar-refractivity contribution is 9.11. The second-order valence-corrected chi connectivity index (χ2v) is 5.19. The summed E-state index contributed by atoms with van der Waals surface area (Å²) in [4.78, 5) is 10.6. The third kappa shape index (κ3) is 4.65. The molecule has 0 fully saturated rings. The third-order valence-corrected chi connectivity index (χ3v) is 3.21. The van der Waals surface area contributed by atoms with Gasteiger partial charge in [0.1, 0.15) is 5.75 Å². The van der Waals surface area contributed by atoms with Gasteiger partial charge in [-0.15, -0.1) is 0 Å². The monoisotopic (exact) mass is 364 g/mol. The summed E-state index contributed by atoms with van der Waals surface area (Å²) in [6, 6.07) is 3.95. The number of nitrogens with two attached hydrogens (primary N) is 1. The van der Waals surface area contributed by atoms with Gasteiger partial charge in [-0.1, -0.05) is 0 Å². The largest absolute Gasteiger partial charge is 0.491 e. The lowest BCUT2D eigenvalue weighted by atomic mass is 10.2. The number of rotatable bonds is 6. The highest BCUT2D eigenvalue weighted by atomic mass is 79.9. The van der Waals surface area contributed by atoms with Crippen LogP contribution < -0.4 is 15.8 Å². The van der Waals surface area contributed by atoms with E-state index in [4.69, 9.17) is 10.5 Å². The molecule has 0 radical (unpaired) electrons. The fourth-order valence-corrected chi connectivity index (χ4v) is 2.82. The van der Waals surface area contributed by atoms with E-state index < -0.39 is 0 Å². The van der Waals surface area contributed by atoms with Gasteiger partial charge in [-0.3, -0.25) is 4.79 Å². The van der Waals surface area contributed by atoms with Crippen LogP contribution in [0.3, 0.4) is 0 Å². The van der Waals surface area contributed by atoms with Crippen LogP contribution in [-0.4, -0.2) is 19.6 Å². The van der Waals surface area contributed by atoms with Crippen LogP contribution in [0.5, 0.6) is 5.75 Å². The zero-order chi connectivity index (χ0) is 12.8. The van der Waals surface area contributed by atoms with Crippen molar-refractivity contribution in [3.8, 4) is 5.75 Å². The predicted octanol–water partition coefficient (Wildman–Crippen LogP) is 2.19. The van der Waals surface area contributed by atoms with Gasteiger partial charge in [-0.2, -0.15) is 0 Å². The Morgan fingerprint density at radius 3 is 2.47 bits per heavy atom. The van der Waals surface area contributed by atoms with Crippen molar-refractivity contribution in [2.45, 2.75) is 13.0 Å². The Morgan fingerprint density at radius 2 is 2.00 bits per heavy atom. The highest BCUT2D eigenvalue weighted by Gasteiger charge is 2.09. The Kier molecular flexibility index (Phi) is 5.94. The van der Waals surface area contributed by atoms with Crippen LogP contribution in [0, 0.1) is 0 Å². The minimum Gasteiger partial charge on any atom is -0.491 e. The summed E-state index contributed by atoms with van der Waals surface area (Å²) in [5.41, 5.74) is 6.18. The number of primary amides is 1. The molecule has 4 nitrogen and oxygen atoms in total. The van der Waals surface area contributed by atoms with Gasteiger partial charge in [0.25, 0.3) is 0 Å². The molecule has 0 heterocycles. The van der Waals surface area contributed by atoms with Crippen LogP contribution in [0.15, 0.2) is 21.1 Å². The summed E-state index contributed by atoms with van der Waals surface area (Å²) in [5.74, 6) is 0.315. The summed E-state index contributed by atoms with van der Waals surface area (Å²) in [6.07, 6.45) is 0.206. The molecule has 0 unspecified atom stereocenters. The second-order valence-electron chi connectivity index (χ2n) is 3.48. The van der Waals surface area contributed by atoms with Crippen molar-refractivity contribution in [1.29, 1.82) is 0 Å². The Hall–Kier alpha value is -0.590. The van der Waals surface area contributed by atoms with E-state index in [0.717, 1.165) is 21.1 Å². The summed E-state index contributed by atoms with van der Waals surface area (Å²) in [6.45, 7) is 1.05. The molecule has 1 aromatic rings. The van der Waals surface area contributed by atoms with E-state index in [1.807, 2.05) is 19.2 Å². The molecule has 0 aliphatic heterocycles. The summed E-state index contributed by atoms with van der Waals surface area (Å²) in [7, 11) is 1.89. The van der Waals surface area contributed by atoms with Crippen molar-refractivity contribution in [3.63, 3.8) is 0 Å². The smallest absolute Gasteiger partial charge is 0.220 e. The first kappa shape index (κ1) is 14.5. The predicted molar refractivity (Wildman–Crippen MR) is 73.9 cm³/mol. The van der Waals surface area contributed by atoms with Crippen molar-refractivity contribution in [1.82, 2.24) is 5.32 Å². The van der Waals surface area contributed by atoms with E-state index in [2.05, 4.69) is 37.2 Å². The average molecular weight is 366 g/mol. The zero-order valence-corrected chi connectivity index (χ0v) is 12.6. The normalized spacial score (nSPS) is 10.3. The second kappa shape index (κ2) is 6.98. The molecule has 0 saturated carbocycles. The Morgan fingerprint density at radius 1 is 1.41 bits per heavy atom. The van der Waals surface area contributed by atoms with E-state index >= 15 is 0 Å². The molecule has 1 amide bonds. The molecular formula is C11H14Br2N2O2. The van der Waals surface area contributed by atoms with Crippen molar-refractivity contribution in [3.05, 3.63) is 26.6 Å². The maximum Gasteiger partial charge on any atom is 0.220 e. The summed E-state index contributed by atoms with van der Waals surface area (Å²) < 4.78 is 7.19. The van der Waals surface area contributed by atoms with E-state index in [1.165, 1.54) is 0 Å². The Bertz CT molecular complexity index is 387. The third-order valence-electron chi connectivity index (χ3n) is 2.03. The van der Waals surface area contributed by atoms with Gasteiger partial charge in [0.15, 0.2) is 0 Å². The van der Waals surface area contributed by atoms with E-state index in [9.17, 15) is 4.79 Å². The van der Waals surface area contributed by atoms with Crippen molar-refractivity contribution in [2.75, 3.05) is 13.7 Å². The SMILES string of the molecule is CNCc1cc(Br)c(OCCC(N)=O)c(Br)c1. The Labute approximate surface area is 117 Å². The number of amides is 1. The van der Waals surface area contributed by atoms with Crippen LogP contribution in [0.2, 0.25) is 0 Å².